The number of likely N-dealkylation sites (N-methyl/N-ethyl adjacent to an activating group) is 2. The maximum atomic E-state index is 13.7. The van der Waals surface area contributed by atoms with Crippen molar-refractivity contribution in [3.63, 3.8) is 0 Å². The van der Waals surface area contributed by atoms with Crippen molar-refractivity contribution >= 4 is 67.0 Å². The van der Waals surface area contributed by atoms with Crippen LogP contribution in [-0.2, 0) is 41.0 Å². The predicted octanol–water partition coefficient (Wildman–Crippen LogP) is 7.55. The second-order valence-corrected chi connectivity index (χ2v) is 19.0. The zero-order valence-corrected chi connectivity index (χ0v) is 35.4. The molecule has 52 heavy (non-hydrogen) atoms. The number of halogens is 2. The maximum Gasteiger partial charge on any atom is 0.325 e. The van der Waals surface area contributed by atoms with E-state index in [-0.39, 0.29) is 51.7 Å². The van der Waals surface area contributed by atoms with Crippen LogP contribution in [0.15, 0.2) is 45.3 Å². The molecule has 0 bridgehead atoms. The first-order valence-corrected chi connectivity index (χ1v) is 20.3. The van der Waals surface area contributed by atoms with Crippen molar-refractivity contribution < 1.29 is 23.9 Å². The fourth-order valence-corrected chi connectivity index (χ4v) is 12.6. The third kappa shape index (κ3) is 4.62. The van der Waals surface area contributed by atoms with E-state index < -0.39 is 11.1 Å². The van der Waals surface area contributed by atoms with Gasteiger partial charge in [-0.15, -0.1) is 0 Å². The van der Waals surface area contributed by atoms with Crippen molar-refractivity contribution in [2.45, 2.75) is 113 Å². The molecule has 280 valence electrons. The van der Waals surface area contributed by atoms with Crippen molar-refractivity contribution in [1.29, 1.82) is 0 Å². The first-order valence-electron chi connectivity index (χ1n) is 18.3. The van der Waals surface area contributed by atoms with Crippen LogP contribution in [-0.4, -0.2) is 73.3 Å². The van der Waals surface area contributed by atoms with E-state index in [2.05, 4.69) is 94.5 Å². The number of rotatable bonds is 2. The fraction of sp³-hybridized carbons (Fsp3) is 0.600. The van der Waals surface area contributed by atoms with E-state index in [1.807, 2.05) is 12.1 Å². The monoisotopic (exact) mass is 856 g/mol. The van der Waals surface area contributed by atoms with Crippen LogP contribution in [0.1, 0.15) is 101 Å². The number of ether oxygens (including phenoxy) is 2. The molecule has 0 aromatic heterocycles. The van der Waals surface area contributed by atoms with Crippen LogP contribution in [0.2, 0.25) is 0 Å². The lowest BCUT2D eigenvalue weighted by molar-refractivity contribution is -0.141. The van der Waals surface area contributed by atoms with Crippen LogP contribution < -0.4 is 10.6 Å². The molecule has 0 radical (unpaired) electrons. The fourth-order valence-electron chi connectivity index (χ4n) is 11.6. The minimum atomic E-state index is -1.000. The molecule has 9 nitrogen and oxygen atoms in total. The number of benzene rings is 2. The minimum Gasteiger partial charge on any atom is -0.381 e. The van der Waals surface area contributed by atoms with Crippen molar-refractivity contribution in [1.82, 2.24) is 20.4 Å². The molecule has 2 unspecified atom stereocenters. The Hall–Kier alpha value is -2.38. The van der Waals surface area contributed by atoms with Crippen molar-refractivity contribution in [2.24, 2.45) is 10.8 Å². The normalized spacial score (nSPS) is 35.3. The van der Waals surface area contributed by atoms with Crippen molar-refractivity contribution in [2.75, 3.05) is 28.3 Å². The Bertz CT molecular complexity index is 1730. The molecular weight excluding hydrogens is 808 g/mol. The average molecular weight is 859 g/mol. The SMILES string of the molecule is COC1CCC2(CC1)C(C)(C)c1ccc(Br)cc1C21NC(=O)N(C)C1=O.COC1CCC2(CC1)C(C)(C)c1ccc(Br)cc1C21NC(=S)N(C)C1=O. The van der Waals surface area contributed by atoms with Gasteiger partial charge in [0.1, 0.15) is 0 Å². The topological polar surface area (TPSA) is 100 Å². The Morgan fingerprint density at radius 2 is 1.04 bits per heavy atom. The number of hydrogen-bond donors (Lipinski definition) is 2. The summed E-state index contributed by atoms with van der Waals surface area (Å²) in [6.07, 6.45) is 7.73. The summed E-state index contributed by atoms with van der Waals surface area (Å²) in [4.78, 5) is 42.6. The van der Waals surface area contributed by atoms with Gasteiger partial charge in [0.2, 0.25) is 0 Å². The van der Waals surface area contributed by atoms with Gasteiger partial charge in [-0.2, -0.15) is 0 Å². The summed E-state index contributed by atoms with van der Waals surface area (Å²) in [6, 6.07) is 12.2. The first-order chi connectivity index (χ1) is 24.4. The molecular formula is C40H50Br2N4O5S. The van der Waals surface area contributed by atoms with E-state index in [9.17, 15) is 14.4 Å². The Balaban J connectivity index is 0.000000162. The van der Waals surface area contributed by atoms with Crippen molar-refractivity contribution in [3.8, 4) is 0 Å². The number of nitrogens with one attached hydrogen (secondary N) is 2. The van der Waals surface area contributed by atoms with Gasteiger partial charge in [-0.05, 0) is 121 Å². The molecule has 2 aliphatic heterocycles. The minimum absolute atomic E-state index is 0.0725. The molecule has 6 aliphatic rings. The highest BCUT2D eigenvalue weighted by Gasteiger charge is 2.74. The summed E-state index contributed by atoms with van der Waals surface area (Å²) in [5.74, 6) is -0.0633. The Morgan fingerprint density at radius 1 is 0.654 bits per heavy atom. The van der Waals surface area contributed by atoms with Crippen LogP contribution >= 0.6 is 44.1 Å². The van der Waals surface area contributed by atoms with Crippen LogP contribution in [0.3, 0.4) is 0 Å². The van der Waals surface area contributed by atoms with Gasteiger partial charge in [-0.1, -0.05) is 71.7 Å². The second-order valence-electron chi connectivity index (χ2n) is 16.8. The molecule has 2 saturated carbocycles. The number of carbonyl (C=O) groups is 3. The van der Waals surface area contributed by atoms with Gasteiger partial charge in [0.15, 0.2) is 16.2 Å². The van der Waals surface area contributed by atoms with Gasteiger partial charge >= 0.3 is 6.03 Å². The predicted molar refractivity (Wildman–Crippen MR) is 211 cm³/mol. The van der Waals surface area contributed by atoms with E-state index >= 15 is 0 Å². The van der Waals surface area contributed by atoms with E-state index in [1.54, 1.807) is 33.2 Å². The van der Waals surface area contributed by atoms with Gasteiger partial charge in [-0.25, -0.2) is 4.79 Å². The van der Waals surface area contributed by atoms with E-state index in [0.29, 0.717) is 5.11 Å². The smallest absolute Gasteiger partial charge is 0.325 e. The molecule has 2 aromatic rings. The second kappa shape index (κ2) is 12.6. The summed E-state index contributed by atoms with van der Waals surface area (Å²) in [7, 11) is 6.89. The van der Waals surface area contributed by atoms with Gasteiger partial charge in [0.05, 0.1) is 12.2 Å². The highest BCUT2D eigenvalue weighted by molar-refractivity contribution is 9.10. The zero-order valence-electron chi connectivity index (χ0n) is 31.4. The molecule has 2 atom stereocenters. The van der Waals surface area contributed by atoms with Gasteiger partial charge in [0.25, 0.3) is 11.8 Å². The summed E-state index contributed by atoms with van der Waals surface area (Å²) < 4.78 is 13.1. The number of carbonyl (C=O) groups excluding carboxylic acids is 3. The quantitative estimate of drug-likeness (QED) is 0.238. The standard InChI is InChI=1S/C20H25BrN2O3.C20H25BrN2O2S/c1-18(2)14-6-5-12(21)11-15(14)20(16(24)23(3)17(25)22-20)19(18)9-7-13(26-4)8-10-19;1-18(2)14-6-5-12(21)11-15(14)20(16(24)23(3)17(26)22-20)19(18)9-7-13(25-4)8-10-19/h5-6,11,13H,7-10H2,1-4H3,(H,22,25);5-6,11,13H,7-10H2,1-4H3,(H,22,26). The maximum absolute atomic E-state index is 13.7. The molecule has 8 rings (SSSR count). The first kappa shape index (κ1) is 37.9. The number of methoxy groups -OCH3 is 2. The van der Waals surface area contributed by atoms with Gasteiger partial charge in [-0.3, -0.25) is 19.4 Å². The van der Waals surface area contributed by atoms with Gasteiger partial charge < -0.3 is 20.1 Å². The molecule has 2 saturated heterocycles. The number of fused-ring (bicyclic) bond motifs is 6. The third-order valence-electron chi connectivity index (χ3n) is 14.6. The van der Waals surface area contributed by atoms with Crippen LogP contribution in [0, 0.1) is 10.8 Å². The summed E-state index contributed by atoms with van der Waals surface area (Å²) in [6.45, 7) is 9.02. The summed E-state index contributed by atoms with van der Waals surface area (Å²) >= 11 is 12.7. The number of urea groups is 1. The Labute approximate surface area is 329 Å². The lowest BCUT2D eigenvalue weighted by atomic mass is 9.52. The van der Waals surface area contributed by atoms with Crippen LogP contribution in [0.4, 0.5) is 4.79 Å². The van der Waals surface area contributed by atoms with Crippen LogP contribution in [0.25, 0.3) is 0 Å². The molecule has 4 spiro atoms. The number of imide groups is 1. The highest BCUT2D eigenvalue weighted by Crippen LogP contribution is 2.69. The highest BCUT2D eigenvalue weighted by atomic mass is 79.9. The number of nitrogens with zero attached hydrogens (tertiary/aromatic N) is 2. The molecule has 2 heterocycles. The van der Waals surface area contributed by atoms with E-state index in [0.717, 1.165) is 77.0 Å². The Morgan fingerprint density at radius 3 is 1.37 bits per heavy atom. The zero-order chi connectivity index (χ0) is 37.8. The summed E-state index contributed by atoms with van der Waals surface area (Å²) in [5, 5.41) is 7.16. The number of hydrogen-bond acceptors (Lipinski definition) is 6. The van der Waals surface area contributed by atoms with Crippen molar-refractivity contribution in [3.05, 3.63) is 67.6 Å². The molecule has 2 aromatic carbocycles. The number of thiocarbonyl (C=S) groups is 1. The van der Waals surface area contributed by atoms with Gasteiger partial charge in [0, 0.05) is 48.1 Å². The lowest BCUT2D eigenvalue weighted by Gasteiger charge is -2.53. The van der Waals surface area contributed by atoms with E-state index in [1.165, 1.54) is 10.5 Å². The molecule has 12 heteroatoms. The summed E-state index contributed by atoms with van der Waals surface area (Å²) in [5.41, 5.74) is 1.64. The van der Waals surface area contributed by atoms with E-state index in [4.69, 9.17) is 21.7 Å². The largest absolute Gasteiger partial charge is 0.381 e. The third-order valence-corrected chi connectivity index (χ3v) is 16.0. The molecule has 4 fully saturated rings. The molecule has 4 amide bonds. The molecule has 4 aliphatic carbocycles. The number of amides is 4. The Kier molecular flexibility index (Phi) is 9.17. The lowest BCUT2D eigenvalue weighted by Crippen LogP contribution is -2.61. The molecule has 2 N–H and O–H groups in total. The van der Waals surface area contributed by atoms with Crippen LogP contribution in [0.5, 0.6) is 0 Å². The average Bonchev–Trinajstić information content (AvgIpc) is 3.62.